The summed E-state index contributed by atoms with van der Waals surface area (Å²) in [5.74, 6) is 1.64. The number of likely N-dealkylation sites (tertiary alicyclic amines) is 2. The summed E-state index contributed by atoms with van der Waals surface area (Å²) in [6, 6.07) is 14.2. The number of pyridine rings is 1. The molecule has 1 amide bonds. The highest BCUT2D eigenvalue weighted by molar-refractivity contribution is 5.94. The average Bonchev–Trinajstić information content (AvgIpc) is 3.43. The van der Waals surface area contributed by atoms with Crippen LogP contribution in [0.5, 0.6) is 0 Å². The van der Waals surface area contributed by atoms with E-state index in [1.807, 2.05) is 24.0 Å². The van der Waals surface area contributed by atoms with Crippen molar-refractivity contribution >= 4 is 5.91 Å². The fourth-order valence-corrected chi connectivity index (χ4v) is 5.10. The molecule has 1 aromatic carbocycles. The van der Waals surface area contributed by atoms with Gasteiger partial charge in [0.1, 0.15) is 0 Å². The van der Waals surface area contributed by atoms with Crippen molar-refractivity contribution < 1.29 is 9.32 Å². The van der Waals surface area contributed by atoms with Crippen molar-refractivity contribution in [3.8, 4) is 0 Å². The number of amides is 1. The van der Waals surface area contributed by atoms with Gasteiger partial charge in [-0.15, -0.1) is 0 Å². The summed E-state index contributed by atoms with van der Waals surface area (Å²) in [6.07, 6.45) is 5.34. The minimum atomic E-state index is -0.325. The van der Waals surface area contributed by atoms with Crippen molar-refractivity contribution in [3.05, 3.63) is 77.7 Å². The fourth-order valence-electron chi connectivity index (χ4n) is 5.10. The summed E-state index contributed by atoms with van der Waals surface area (Å²) in [5.41, 5.74) is 1.64. The standard InChI is InChI=1S/C24H27N5O2/c1-18-26-23(31-27-18)24-16-28(12-9-19-6-3-2-4-7-19)13-10-21(24)15-29(17-24)22(30)20-8-5-11-25-14-20/h2-8,11,14,21H,9-10,12-13,15-17H2,1H3/t21-,24-/m0/s1. The third kappa shape index (κ3) is 3.85. The van der Waals surface area contributed by atoms with E-state index in [-0.39, 0.29) is 11.3 Å². The van der Waals surface area contributed by atoms with Gasteiger partial charge >= 0.3 is 0 Å². The van der Waals surface area contributed by atoms with Crippen LogP contribution in [0.25, 0.3) is 0 Å². The highest BCUT2D eigenvalue weighted by Gasteiger charge is 2.55. The Kier molecular flexibility index (Phi) is 5.28. The number of aromatic nitrogens is 3. The van der Waals surface area contributed by atoms with Gasteiger partial charge in [-0.05, 0) is 49.9 Å². The predicted octanol–water partition coefficient (Wildman–Crippen LogP) is 2.73. The van der Waals surface area contributed by atoms with E-state index in [0.29, 0.717) is 36.3 Å². The van der Waals surface area contributed by atoms with Gasteiger partial charge < -0.3 is 14.3 Å². The molecule has 0 aliphatic carbocycles. The molecule has 2 fully saturated rings. The molecular weight excluding hydrogens is 390 g/mol. The Bertz CT molecular complexity index is 1040. The molecule has 160 valence electrons. The zero-order valence-corrected chi connectivity index (χ0v) is 17.8. The Balaban J connectivity index is 1.38. The molecule has 0 radical (unpaired) electrons. The van der Waals surface area contributed by atoms with Crippen molar-refractivity contribution in [2.45, 2.75) is 25.2 Å². The molecule has 0 spiro atoms. The van der Waals surface area contributed by atoms with E-state index in [4.69, 9.17) is 4.52 Å². The number of fused-ring (bicyclic) bond motifs is 1. The van der Waals surface area contributed by atoms with Gasteiger partial charge in [0.2, 0.25) is 5.89 Å². The predicted molar refractivity (Wildman–Crippen MR) is 116 cm³/mol. The number of carbonyl (C=O) groups is 1. The van der Waals surface area contributed by atoms with Gasteiger partial charge in [0.25, 0.3) is 5.91 Å². The van der Waals surface area contributed by atoms with Gasteiger partial charge in [-0.2, -0.15) is 4.98 Å². The quantitative estimate of drug-likeness (QED) is 0.635. The lowest BCUT2D eigenvalue weighted by molar-refractivity contribution is 0.0763. The lowest BCUT2D eigenvalue weighted by Crippen LogP contribution is -2.52. The van der Waals surface area contributed by atoms with E-state index < -0.39 is 0 Å². The van der Waals surface area contributed by atoms with E-state index in [1.54, 1.807) is 18.5 Å². The van der Waals surface area contributed by atoms with Crippen molar-refractivity contribution in [2.75, 3.05) is 32.7 Å². The Morgan fingerprint density at radius 1 is 1.19 bits per heavy atom. The summed E-state index contributed by atoms with van der Waals surface area (Å²) in [7, 11) is 0. The van der Waals surface area contributed by atoms with Gasteiger partial charge in [-0.3, -0.25) is 9.78 Å². The van der Waals surface area contributed by atoms with Crippen molar-refractivity contribution in [3.63, 3.8) is 0 Å². The van der Waals surface area contributed by atoms with E-state index >= 15 is 0 Å². The van der Waals surface area contributed by atoms with Crippen LogP contribution in [0.15, 0.2) is 59.4 Å². The Hall–Kier alpha value is -3.06. The first-order valence-corrected chi connectivity index (χ1v) is 10.9. The number of aryl methyl sites for hydroxylation is 1. The molecule has 7 nitrogen and oxygen atoms in total. The van der Waals surface area contributed by atoms with Crippen LogP contribution in [-0.4, -0.2) is 63.6 Å². The highest BCUT2D eigenvalue weighted by Crippen LogP contribution is 2.44. The molecular formula is C24H27N5O2. The summed E-state index contributed by atoms with van der Waals surface area (Å²) in [6.45, 7) is 5.96. The monoisotopic (exact) mass is 417 g/mol. The number of nitrogens with zero attached hydrogens (tertiary/aromatic N) is 5. The van der Waals surface area contributed by atoms with E-state index in [2.05, 4.69) is 44.3 Å². The molecule has 2 aliphatic rings. The third-order valence-corrected chi connectivity index (χ3v) is 6.70. The van der Waals surface area contributed by atoms with Gasteiger partial charge in [0.05, 0.1) is 11.0 Å². The minimum absolute atomic E-state index is 0.0222. The van der Waals surface area contributed by atoms with Gasteiger partial charge in [0.15, 0.2) is 5.82 Å². The maximum absolute atomic E-state index is 13.2. The minimum Gasteiger partial charge on any atom is -0.339 e. The molecule has 5 rings (SSSR count). The second kappa shape index (κ2) is 8.23. The molecule has 0 saturated carbocycles. The SMILES string of the molecule is Cc1noc([C@]23CN(CCc4ccccc4)CC[C@H]2CN(C(=O)c2cccnc2)C3)n1. The zero-order valence-electron chi connectivity index (χ0n) is 17.8. The maximum atomic E-state index is 13.2. The average molecular weight is 418 g/mol. The summed E-state index contributed by atoms with van der Waals surface area (Å²) in [4.78, 5) is 26.3. The number of rotatable bonds is 5. The largest absolute Gasteiger partial charge is 0.339 e. The van der Waals surface area contributed by atoms with Gasteiger partial charge in [0, 0.05) is 38.6 Å². The van der Waals surface area contributed by atoms with Crippen LogP contribution >= 0.6 is 0 Å². The van der Waals surface area contributed by atoms with Crippen LogP contribution in [-0.2, 0) is 11.8 Å². The lowest BCUT2D eigenvalue weighted by Gasteiger charge is -2.41. The molecule has 31 heavy (non-hydrogen) atoms. The highest BCUT2D eigenvalue weighted by atomic mass is 16.5. The molecule has 7 heteroatoms. The first-order chi connectivity index (χ1) is 15.1. The number of hydrogen-bond acceptors (Lipinski definition) is 6. The second-order valence-electron chi connectivity index (χ2n) is 8.73. The van der Waals surface area contributed by atoms with Crippen LogP contribution in [0.1, 0.15) is 34.1 Å². The van der Waals surface area contributed by atoms with Crippen LogP contribution in [0.4, 0.5) is 0 Å². The van der Waals surface area contributed by atoms with Crippen LogP contribution in [0, 0.1) is 12.8 Å². The Morgan fingerprint density at radius 2 is 2.06 bits per heavy atom. The topological polar surface area (TPSA) is 75.4 Å². The van der Waals surface area contributed by atoms with Crippen LogP contribution < -0.4 is 0 Å². The number of benzene rings is 1. The molecule has 0 unspecified atom stereocenters. The summed E-state index contributed by atoms with van der Waals surface area (Å²) in [5, 5.41) is 4.08. The second-order valence-corrected chi connectivity index (χ2v) is 8.73. The summed E-state index contributed by atoms with van der Waals surface area (Å²) < 4.78 is 5.72. The van der Waals surface area contributed by atoms with E-state index in [9.17, 15) is 4.79 Å². The molecule has 4 heterocycles. The van der Waals surface area contributed by atoms with Crippen molar-refractivity contribution in [2.24, 2.45) is 5.92 Å². The zero-order chi connectivity index (χ0) is 21.3. The number of hydrogen-bond donors (Lipinski definition) is 0. The Labute approximate surface area is 182 Å². The van der Waals surface area contributed by atoms with Gasteiger partial charge in [-0.25, -0.2) is 0 Å². The number of carbonyl (C=O) groups excluding carboxylic acids is 1. The molecule has 2 atom stereocenters. The molecule has 0 N–H and O–H groups in total. The normalized spacial score (nSPS) is 23.6. The maximum Gasteiger partial charge on any atom is 0.255 e. The smallest absolute Gasteiger partial charge is 0.255 e. The van der Waals surface area contributed by atoms with Gasteiger partial charge in [-0.1, -0.05) is 35.5 Å². The Morgan fingerprint density at radius 3 is 2.81 bits per heavy atom. The van der Waals surface area contributed by atoms with E-state index in [1.165, 1.54) is 5.56 Å². The number of piperidine rings is 1. The molecule has 3 aromatic rings. The molecule has 2 saturated heterocycles. The summed E-state index contributed by atoms with van der Waals surface area (Å²) >= 11 is 0. The first-order valence-electron chi connectivity index (χ1n) is 10.9. The van der Waals surface area contributed by atoms with Crippen molar-refractivity contribution in [1.29, 1.82) is 0 Å². The molecule has 2 aliphatic heterocycles. The van der Waals surface area contributed by atoms with Crippen LogP contribution in [0.3, 0.4) is 0 Å². The molecule has 2 aromatic heterocycles. The molecule has 0 bridgehead atoms. The van der Waals surface area contributed by atoms with Crippen molar-refractivity contribution in [1.82, 2.24) is 24.9 Å². The third-order valence-electron chi connectivity index (χ3n) is 6.70. The lowest BCUT2D eigenvalue weighted by atomic mass is 9.73. The van der Waals surface area contributed by atoms with E-state index in [0.717, 1.165) is 32.5 Å². The first kappa shape index (κ1) is 19.9. The fraction of sp³-hybridized carbons (Fsp3) is 0.417. The van der Waals surface area contributed by atoms with Crippen LogP contribution in [0.2, 0.25) is 0 Å².